The van der Waals surface area contributed by atoms with Gasteiger partial charge in [0.25, 0.3) is 0 Å². The van der Waals surface area contributed by atoms with E-state index in [0.717, 1.165) is 18.4 Å². The van der Waals surface area contributed by atoms with E-state index in [1.807, 2.05) is 0 Å². The van der Waals surface area contributed by atoms with Crippen LogP contribution >= 0.6 is 0 Å². The van der Waals surface area contributed by atoms with Gasteiger partial charge in [0.15, 0.2) is 0 Å². The Bertz CT molecular complexity index is 237. The van der Waals surface area contributed by atoms with Crippen molar-refractivity contribution in [1.82, 2.24) is 4.90 Å². The highest BCUT2D eigenvalue weighted by molar-refractivity contribution is 4.97. The molecular formula is C16H34N2. The Balaban J connectivity index is 2.87. The van der Waals surface area contributed by atoms with Gasteiger partial charge in [0.2, 0.25) is 0 Å². The molecule has 2 unspecified atom stereocenters. The van der Waals surface area contributed by atoms with Gasteiger partial charge in [-0.2, -0.15) is 0 Å². The second-order valence-electron chi connectivity index (χ2n) is 6.94. The summed E-state index contributed by atoms with van der Waals surface area (Å²) in [4.78, 5) is 2.71. The summed E-state index contributed by atoms with van der Waals surface area (Å²) in [5.74, 6) is 1.61. The SMILES string of the molecule is CCC1CCCC(CN)(N(CC(C)C)C(C)C)C1. The molecule has 2 nitrogen and oxygen atoms in total. The van der Waals surface area contributed by atoms with E-state index in [1.165, 1.54) is 38.6 Å². The zero-order valence-electron chi connectivity index (χ0n) is 13.2. The summed E-state index contributed by atoms with van der Waals surface area (Å²) in [7, 11) is 0. The van der Waals surface area contributed by atoms with E-state index in [9.17, 15) is 0 Å². The van der Waals surface area contributed by atoms with Crippen molar-refractivity contribution in [2.75, 3.05) is 13.1 Å². The molecule has 2 atom stereocenters. The topological polar surface area (TPSA) is 29.3 Å². The Morgan fingerprint density at radius 3 is 2.39 bits per heavy atom. The maximum absolute atomic E-state index is 6.23. The molecule has 2 heteroatoms. The first-order chi connectivity index (χ1) is 8.45. The molecule has 2 N–H and O–H groups in total. The van der Waals surface area contributed by atoms with Crippen LogP contribution in [0.1, 0.15) is 66.7 Å². The molecule has 1 rings (SSSR count). The third-order valence-corrected chi connectivity index (χ3v) is 4.67. The third kappa shape index (κ3) is 3.71. The van der Waals surface area contributed by atoms with Crippen LogP contribution in [0.2, 0.25) is 0 Å². The molecule has 108 valence electrons. The lowest BCUT2D eigenvalue weighted by atomic mass is 9.73. The van der Waals surface area contributed by atoms with Gasteiger partial charge in [-0.15, -0.1) is 0 Å². The lowest BCUT2D eigenvalue weighted by Gasteiger charge is -2.51. The summed E-state index contributed by atoms with van der Waals surface area (Å²) in [6.45, 7) is 13.6. The molecule has 0 aromatic carbocycles. The fourth-order valence-corrected chi connectivity index (χ4v) is 3.72. The number of nitrogens with two attached hydrogens (primary N) is 1. The zero-order valence-corrected chi connectivity index (χ0v) is 13.2. The minimum atomic E-state index is 0.275. The van der Waals surface area contributed by atoms with E-state index in [4.69, 9.17) is 5.73 Å². The van der Waals surface area contributed by atoms with Crippen LogP contribution in [0.4, 0.5) is 0 Å². The van der Waals surface area contributed by atoms with Crippen LogP contribution in [0.25, 0.3) is 0 Å². The lowest BCUT2D eigenvalue weighted by molar-refractivity contribution is 0.00288. The summed E-state index contributed by atoms with van der Waals surface area (Å²) in [6.07, 6.45) is 6.69. The maximum atomic E-state index is 6.23. The monoisotopic (exact) mass is 254 g/mol. The second-order valence-corrected chi connectivity index (χ2v) is 6.94. The molecule has 0 aromatic rings. The van der Waals surface area contributed by atoms with Crippen molar-refractivity contribution in [3.8, 4) is 0 Å². The van der Waals surface area contributed by atoms with Crippen molar-refractivity contribution in [2.45, 2.75) is 78.3 Å². The highest BCUT2D eigenvalue weighted by Gasteiger charge is 2.40. The Labute approximate surface area is 114 Å². The van der Waals surface area contributed by atoms with Crippen molar-refractivity contribution in [2.24, 2.45) is 17.6 Å². The first kappa shape index (κ1) is 16.0. The van der Waals surface area contributed by atoms with Crippen molar-refractivity contribution >= 4 is 0 Å². The van der Waals surface area contributed by atoms with Crippen LogP contribution in [0, 0.1) is 11.8 Å². The Kier molecular flexibility index (Phi) is 6.13. The molecule has 0 aromatic heterocycles. The molecule has 1 aliphatic carbocycles. The maximum Gasteiger partial charge on any atom is 0.0337 e. The number of hydrogen-bond acceptors (Lipinski definition) is 2. The third-order valence-electron chi connectivity index (χ3n) is 4.67. The average molecular weight is 254 g/mol. The van der Waals surface area contributed by atoms with E-state index in [2.05, 4.69) is 39.5 Å². The van der Waals surface area contributed by atoms with E-state index in [0.29, 0.717) is 6.04 Å². The quantitative estimate of drug-likeness (QED) is 0.784. The normalized spacial score (nSPS) is 29.5. The average Bonchev–Trinajstić information content (AvgIpc) is 2.35. The van der Waals surface area contributed by atoms with Gasteiger partial charge in [-0.3, -0.25) is 4.90 Å². The van der Waals surface area contributed by atoms with Crippen LogP contribution in [0.15, 0.2) is 0 Å². The molecule has 1 fully saturated rings. The van der Waals surface area contributed by atoms with E-state index >= 15 is 0 Å². The summed E-state index contributed by atoms with van der Waals surface area (Å²) in [6, 6.07) is 0.603. The van der Waals surface area contributed by atoms with E-state index < -0.39 is 0 Å². The number of rotatable bonds is 6. The fraction of sp³-hybridized carbons (Fsp3) is 1.00. The lowest BCUT2D eigenvalue weighted by Crippen LogP contribution is -2.59. The van der Waals surface area contributed by atoms with Crippen molar-refractivity contribution in [3.05, 3.63) is 0 Å². The first-order valence-corrected chi connectivity index (χ1v) is 7.92. The molecule has 0 aliphatic heterocycles. The molecule has 0 spiro atoms. The van der Waals surface area contributed by atoms with Crippen LogP contribution in [-0.4, -0.2) is 29.6 Å². The Hall–Kier alpha value is -0.0800. The predicted octanol–water partition coefficient (Wildman–Crippen LogP) is 3.65. The first-order valence-electron chi connectivity index (χ1n) is 7.92. The van der Waals surface area contributed by atoms with Gasteiger partial charge in [-0.05, 0) is 38.5 Å². The minimum absolute atomic E-state index is 0.275. The highest BCUT2D eigenvalue weighted by Crippen LogP contribution is 2.39. The molecule has 1 saturated carbocycles. The summed E-state index contributed by atoms with van der Waals surface area (Å²) < 4.78 is 0. The molecule has 1 aliphatic rings. The molecule has 0 radical (unpaired) electrons. The number of hydrogen-bond donors (Lipinski definition) is 1. The minimum Gasteiger partial charge on any atom is -0.329 e. The molecule has 18 heavy (non-hydrogen) atoms. The summed E-state index contributed by atoms with van der Waals surface area (Å²) in [5.41, 5.74) is 6.50. The highest BCUT2D eigenvalue weighted by atomic mass is 15.2. The Morgan fingerprint density at radius 2 is 1.94 bits per heavy atom. The zero-order chi connectivity index (χ0) is 13.8. The summed E-state index contributed by atoms with van der Waals surface area (Å²) in [5, 5.41) is 0. The van der Waals surface area contributed by atoms with E-state index in [1.54, 1.807) is 0 Å². The van der Waals surface area contributed by atoms with Gasteiger partial charge in [0.1, 0.15) is 0 Å². The fourth-order valence-electron chi connectivity index (χ4n) is 3.72. The van der Waals surface area contributed by atoms with Gasteiger partial charge in [-0.25, -0.2) is 0 Å². The number of nitrogens with zero attached hydrogens (tertiary/aromatic N) is 1. The molecular weight excluding hydrogens is 220 g/mol. The molecule has 0 amide bonds. The smallest absolute Gasteiger partial charge is 0.0337 e. The van der Waals surface area contributed by atoms with Crippen molar-refractivity contribution < 1.29 is 0 Å². The van der Waals surface area contributed by atoms with Crippen LogP contribution < -0.4 is 5.73 Å². The standard InChI is InChI=1S/C16H34N2/c1-6-15-8-7-9-16(10-15,12-17)18(14(4)5)11-13(2)3/h13-15H,6-12,17H2,1-5H3. The van der Waals surface area contributed by atoms with Gasteiger partial charge in [0, 0.05) is 24.7 Å². The van der Waals surface area contributed by atoms with Crippen molar-refractivity contribution in [1.29, 1.82) is 0 Å². The van der Waals surface area contributed by atoms with Gasteiger partial charge >= 0.3 is 0 Å². The van der Waals surface area contributed by atoms with E-state index in [-0.39, 0.29) is 5.54 Å². The van der Waals surface area contributed by atoms with Gasteiger partial charge in [-0.1, -0.05) is 40.0 Å². The van der Waals surface area contributed by atoms with Gasteiger partial charge < -0.3 is 5.73 Å². The van der Waals surface area contributed by atoms with Crippen LogP contribution in [0.5, 0.6) is 0 Å². The molecule has 0 bridgehead atoms. The van der Waals surface area contributed by atoms with Crippen molar-refractivity contribution in [3.63, 3.8) is 0 Å². The van der Waals surface area contributed by atoms with Gasteiger partial charge in [0.05, 0.1) is 0 Å². The molecule has 0 saturated heterocycles. The summed E-state index contributed by atoms with van der Waals surface area (Å²) >= 11 is 0. The Morgan fingerprint density at radius 1 is 1.28 bits per heavy atom. The predicted molar refractivity (Wildman–Crippen MR) is 80.7 cm³/mol. The van der Waals surface area contributed by atoms with Crippen LogP contribution in [0.3, 0.4) is 0 Å². The molecule has 0 heterocycles. The second kappa shape index (κ2) is 6.91. The van der Waals surface area contributed by atoms with Crippen LogP contribution in [-0.2, 0) is 0 Å². The largest absolute Gasteiger partial charge is 0.329 e.